The van der Waals surface area contributed by atoms with E-state index in [9.17, 15) is 0 Å². The molecule has 0 aromatic rings. The van der Waals surface area contributed by atoms with Gasteiger partial charge in [-0.1, -0.05) is 0 Å². The fourth-order valence-electron chi connectivity index (χ4n) is 0. The molecule has 4 heavy (non-hydrogen) atoms. The van der Waals surface area contributed by atoms with Crippen LogP contribution in [-0.4, -0.2) is 29.6 Å². The maximum absolute atomic E-state index is 8.54. The van der Waals surface area contributed by atoms with E-state index in [4.69, 9.17) is 5.63 Å². The standard InChI is InChI=1S/Na.2O.Zr.H. The summed E-state index contributed by atoms with van der Waals surface area (Å²) in [6.07, 6.45) is 0. The Hall–Kier alpha value is 1.48. The average molecular weight is 147 g/mol. The van der Waals surface area contributed by atoms with Crippen LogP contribution in [0, 0.1) is 0 Å². The van der Waals surface area contributed by atoms with Crippen molar-refractivity contribution in [3.8, 4) is 0 Å². The van der Waals surface area contributed by atoms with Gasteiger partial charge >= 0.3 is 58.4 Å². The van der Waals surface area contributed by atoms with E-state index in [0.29, 0.717) is 0 Å². The Morgan fingerprint density at radius 1 is 1.25 bits per heavy atom. The Bertz CT molecular complexity index is 27.0. The van der Waals surface area contributed by atoms with Crippen LogP contribution in [-0.2, 0) is 28.9 Å². The first-order valence-corrected chi connectivity index (χ1v) is 2.42. The van der Waals surface area contributed by atoms with Crippen LogP contribution >= 0.6 is 0 Å². The molecule has 0 radical (unpaired) electrons. The second-order valence-corrected chi connectivity index (χ2v) is 0.493. The summed E-state index contributed by atoms with van der Waals surface area (Å²) in [5.74, 6) is 0. The van der Waals surface area contributed by atoms with Crippen LogP contribution in [0.4, 0.5) is 0 Å². The van der Waals surface area contributed by atoms with Crippen LogP contribution in [0.1, 0.15) is 0 Å². The van der Waals surface area contributed by atoms with E-state index in [1.807, 2.05) is 0 Å². The average Bonchev–Trinajstić information content (AvgIpc) is 0.918. The van der Waals surface area contributed by atoms with E-state index in [-0.39, 0.29) is 29.6 Å². The SMILES string of the molecule is [NaH].[O]=[Zr]=[O]. The van der Waals surface area contributed by atoms with E-state index < -0.39 is 23.2 Å². The third kappa shape index (κ3) is 9.76. The Morgan fingerprint density at radius 3 is 1.25 bits per heavy atom. The molecule has 0 amide bonds. The van der Waals surface area contributed by atoms with Crippen molar-refractivity contribution < 1.29 is 28.9 Å². The van der Waals surface area contributed by atoms with Gasteiger partial charge in [-0.3, -0.25) is 0 Å². The molecule has 2 nitrogen and oxygen atoms in total. The molecule has 0 aliphatic rings. The third-order valence-corrected chi connectivity index (χ3v) is 0. The Morgan fingerprint density at radius 2 is 1.25 bits per heavy atom. The van der Waals surface area contributed by atoms with E-state index in [2.05, 4.69) is 0 Å². The quantitative estimate of drug-likeness (QED) is 0.417. The van der Waals surface area contributed by atoms with Crippen molar-refractivity contribution in [2.24, 2.45) is 0 Å². The summed E-state index contributed by atoms with van der Waals surface area (Å²) in [5, 5.41) is 0. The van der Waals surface area contributed by atoms with Crippen molar-refractivity contribution in [3.63, 3.8) is 0 Å². The Kier molecular flexibility index (Phi) is 20.0. The van der Waals surface area contributed by atoms with Gasteiger partial charge in [0.25, 0.3) is 0 Å². The monoisotopic (exact) mass is 146 g/mol. The first kappa shape index (κ1) is 9.08. The van der Waals surface area contributed by atoms with Crippen molar-refractivity contribution in [3.05, 3.63) is 0 Å². The van der Waals surface area contributed by atoms with Crippen LogP contribution in [0.2, 0.25) is 0 Å². The van der Waals surface area contributed by atoms with Gasteiger partial charge in [-0.2, -0.15) is 0 Å². The molecule has 0 saturated carbocycles. The molecule has 0 unspecified atom stereocenters. The molecule has 0 fully saturated rings. The predicted octanol–water partition coefficient (Wildman–Crippen LogP) is -0.889. The molecule has 0 saturated heterocycles. The molecular formula is HNaO2Zr. The molecule has 0 bridgehead atoms. The van der Waals surface area contributed by atoms with Gasteiger partial charge in [0, 0.05) is 0 Å². The molecule has 0 rings (SSSR count). The van der Waals surface area contributed by atoms with Crippen LogP contribution in [0.5, 0.6) is 0 Å². The molecule has 0 N–H and O–H groups in total. The van der Waals surface area contributed by atoms with E-state index in [0.717, 1.165) is 0 Å². The zero-order valence-electron chi connectivity index (χ0n) is 1.32. The summed E-state index contributed by atoms with van der Waals surface area (Å²) in [6.45, 7) is 0. The Balaban J connectivity index is 0. The van der Waals surface area contributed by atoms with Crippen LogP contribution < -0.4 is 0 Å². The Labute approximate surface area is 57.7 Å². The number of hydrogen-bond acceptors (Lipinski definition) is 2. The topological polar surface area (TPSA) is 34.1 Å². The summed E-state index contributed by atoms with van der Waals surface area (Å²) >= 11 is -2.27. The molecule has 0 aromatic carbocycles. The fourth-order valence-corrected chi connectivity index (χ4v) is 0. The fraction of sp³-hybridized carbons (Fsp3) is 0. The van der Waals surface area contributed by atoms with Crippen molar-refractivity contribution in [2.45, 2.75) is 0 Å². The number of rotatable bonds is 0. The van der Waals surface area contributed by atoms with Gasteiger partial charge in [0.15, 0.2) is 0 Å². The first-order chi connectivity index (χ1) is 1.41. The molecule has 0 spiro atoms. The molecule has 0 aliphatic carbocycles. The van der Waals surface area contributed by atoms with E-state index in [1.54, 1.807) is 0 Å². The van der Waals surface area contributed by atoms with Gasteiger partial charge in [-0.15, -0.1) is 0 Å². The minimum atomic E-state index is -2.27. The normalized spacial score (nSPS) is 2.00. The molecule has 18 valence electrons. The first-order valence-electron chi connectivity index (χ1n) is 0.408. The molecule has 0 heterocycles. The minimum absolute atomic E-state index is 0. The van der Waals surface area contributed by atoms with Crippen LogP contribution in [0.15, 0.2) is 0 Å². The third-order valence-electron chi connectivity index (χ3n) is 0. The molecular weight excluding hydrogens is 146 g/mol. The van der Waals surface area contributed by atoms with Crippen molar-refractivity contribution in [1.82, 2.24) is 0 Å². The van der Waals surface area contributed by atoms with Crippen LogP contribution in [0.25, 0.3) is 0 Å². The molecule has 0 aliphatic heterocycles. The van der Waals surface area contributed by atoms with Gasteiger partial charge in [0.05, 0.1) is 0 Å². The van der Waals surface area contributed by atoms with Crippen molar-refractivity contribution in [2.75, 3.05) is 0 Å². The zero-order chi connectivity index (χ0) is 2.71. The van der Waals surface area contributed by atoms with Gasteiger partial charge in [-0.25, -0.2) is 0 Å². The van der Waals surface area contributed by atoms with Gasteiger partial charge in [0.1, 0.15) is 0 Å². The second kappa shape index (κ2) is 8.82. The van der Waals surface area contributed by atoms with E-state index in [1.165, 1.54) is 0 Å². The summed E-state index contributed by atoms with van der Waals surface area (Å²) in [4.78, 5) is 0. The van der Waals surface area contributed by atoms with Gasteiger partial charge in [0.2, 0.25) is 0 Å². The summed E-state index contributed by atoms with van der Waals surface area (Å²) < 4.78 is 17.1. The van der Waals surface area contributed by atoms with Crippen molar-refractivity contribution >= 4 is 29.6 Å². The summed E-state index contributed by atoms with van der Waals surface area (Å²) in [5.41, 5.74) is 0. The molecule has 4 heteroatoms. The van der Waals surface area contributed by atoms with Gasteiger partial charge < -0.3 is 0 Å². The van der Waals surface area contributed by atoms with Crippen molar-refractivity contribution in [1.29, 1.82) is 0 Å². The molecule has 0 aromatic heterocycles. The van der Waals surface area contributed by atoms with Gasteiger partial charge in [-0.05, 0) is 0 Å². The van der Waals surface area contributed by atoms with Crippen LogP contribution in [0.3, 0.4) is 0 Å². The zero-order valence-corrected chi connectivity index (χ0v) is 3.77. The predicted molar refractivity (Wildman–Crippen MR) is 8.52 cm³/mol. The summed E-state index contributed by atoms with van der Waals surface area (Å²) in [6, 6.07) is 0. The summed E-state index contributed by atoms with van der Waals surface area (Å²) in [7, 11) is 0. The second-order valence-electron chi connectivity index (χ2n) is 0.0833. The number of hydrogen-bond donors (Lipinski definition) is 0. The maximum atomic E-state index is 8.54. The van der Waals surface area contributed by atoms with E-state index >= 15 is 0 Å². The molecule has 0 atom stereocenters.